The van der Waals surface area contributed by atoms with Crippen LogP contribution < -0.4 is 10.1 Å². The highest BCUT2D eigenvalue weighted by Crippen LogP contribution is 2.31. The summed E-state index contributed by atoms with van der Waals surface area (Å²) in [6.45, 7) is 5.49. The van der Waals surface area contributed by atoms with Crippen LogP contribution in [0.3, 0.4) is 0 Å². The summed E-state index contributed by atoms with van der Waals surface area (Å²) in [5, 5.41) is 2.82. The number of anilines is 1. The molecule has 8 heteroatoms. The van der Waals surface area contributed by atoms with Crippen molar-refractivity contribution in [2.24, 2.45) is 0 Å². The number of piperidine rings is 1. The van der Waals surface area contributed by atoms with Gasteiger partial charge in [-0.15, -0.1) is 0 Å². The summed E-state index contributed by atoms with van der Waals surface area (Å²) in [5.41, 5.74) is 0.456. The minimum atomic E-state index is -3.66. The molecule has 1 aromatic rings. The average Bonchev–Trinajstić information content (AvgIpc) is 2.68. The van der Waals surface area contributed by atoms with Crippen molar-refractivity contribution in [2.45, 2.75) is 56.9 Å². The molecule has 0 saturated carbocycles. The zero-order chi connectivity index (χ0) is 20.7. The van der Waals surface area contributed by atoms with E-state index in [1.165, 1.54) is 17.5 Å². The van der Waals surface area contributed by atoms with E-state index in [2.05, 4.69) is 19.2 Å². The summed E-state index contributed by atoms with van der Waals surface area (Å²) >= 11 is 0. The van der Waals surface area contributed by atoms with E-state index in [1.807, 2.05) is 11.9 Å². The lowest BCUT2D eigenvalue weighted by atomic mass is 10.2. The van der Waals surface area contributed by atoms with E-state index in [0.29, 0.717) is 24.8 Å². The molecule has 0 bridgehead atoms. The van der Waals surface area contributed by atoms with Crippen LogP contribution in [0.2, 0.25) is 0 Å². The molecule has 0 aromatic heterocycles. The standard InChI is InChI=1S/C20H33N3O4S/c1-5-9-16(2)22(3)15-20(24)21-17-10-11-18(27-4)19(14-17)28(25,26)23-12-7-6-8-13-23/h10-11,14,16H,5-9,12-13,15H2,1-4H3,(H,21,24). The van der Waals surface area contributed by atoms with Gasteiger partial charge in [-0.2, -0.15) is 4.31 Å². The second-order valence-corrected chi connectivity index (χ2v) is 9.34. The Morgan fingerprint density at radius 3 is 2.57 bits per heavy atom. The van der Waals surface area contributed by atoms with Gasteiger partial charge in [0.15, 0.2) is 0 Å². The molecular formula is C20H33N3O4S. The summed E-state index contributed by atoms with van der Waals surface area (Å²) in [5.74, 6) is 0.120. The second-order valence-electron chi connectivity index (χ2n) is 7.43. The Hall–Kier alpha value is -1.64. The first kappa shape index (κ1) is 22.6. The van der Waals surface area contributed by atoms with E-state index in [-0.39, 0.29) is 23.1 Å². The van der Waals surface area contributed by atoms with Crippen molar-refractivity contribution in [1.29, 1.82) is 0 Å². The fraction of sp³-hybridized carbons (Fsp3) is 0.650. The van der Waals surface area contributed by atoms with Crippen molar-refractivity contribution in [3.05, 3.63) is 18.2 Å². The van der Waals surface area contributed by atoms with Crippen molar-refractivity contribution in [3.8, 4) is 5.75 Å². The third-order valence-electron chi connectivity index (χ3n) is 5.23. The van der Waals surface area contributed by atoms with Gasteiger partial charge in [0.05, 0.1) is 13.7 Å². The highest BCUT2D eigenvalue weighted by Gasteiger charge is 2.29. The predicted octanol–water partition coefficient (Wildman–Crippen LogP) is 2.93. The minimum absolute atomic E-state index is 0.0994. The van der Waals surface area contributed by atoms with Gasteiger partial charge >= 0.3 is 0 Å². The Labute approximate surface area is 169 Å². The number of nitrogens with one attached hydrogen (secondary N) is 1. The number of carbonyl (C=O) groups excluding carboxylic acids is 1. The van der Waals surface area contributed by atoms with Gasteiger partial charge in [0, 0.05) is 24.8 Å². The van der Waals surface area contributed by atoms with Crippen molar-refractivity contribution in [2.75, 3.05) is 39.1 Å². The van der Waals surface area contributed by atoms with Crippen LogP contribution in [0.15, 0.2) is 23.1 Å². The number of methoxy groups -OCH3 is 1. The van der Waals surface area contributed by atoms with Crippen LogP contribution in [0.1, 0.15) is 46.0 Å². The second kappa shape index (κ2) is 10.2. The fourth-order valence-electron chi connectivity index (χ4n) is 3.42. The van der Waals surface area contributed by atoms with Crippen LogP contribution in [0.5, 0.6) is 5.75 Å². The number of amides is 1. The first-order chi connectivity index (χ1) is 13.3. The van der Waals surface area contributed by atoms with Crippen molar-refractivity contribution in [1.82, 2.24) is 9.21 Å². The van der Waals surface area contributed by atoms with Crippen LogP contribution in [0, 0.1) is 0 Å². The number of hydrogen-bond acceptors (Lipinski definition) is 5. The van der Waals surface area contributed by atoms with E-state index in [4.69, 9.17) is 4.74 Å². The summed E-state index contributed by atoms with van der Waals surface area (Å²) in [7, 11) is -0.292. The molecule has 1 amide bonds. The number of ether oxygens (including phenoxy) is 1. The number of hydrogen-bond donors (Lipinski definition) is 1. The molecule has 0 aliphatic carbocycles. The number of likely N-dealkylation sites (N-methyl/N-ethyl adjacent to an activating group) is 1. The maximum absolute atomic E-state index is 13.1. The zero-order valence-corrected chi connectivity index (χ0v) is 18.2. The van der Waals surface area contributed by atoms with Gasteiger partial charge in [0.25, 0.3) is 0 Å². The molecule has 1 aliphatic heterocycles. The Kier molecular flexibility index (Phi) is 8.27. The quantitative estimate of drug-likeness (QED) is 0.676. The van der Waals surface area contributed by atoms with Gasteiger partial charge in [-0.1, -0.05) is 19.8 Å². The Balaban J connectivity index is 2.16. The fourth-order valence-corrected chi connectivity index (χ4v) is 5.12. The highest BCUT2D eigenvalue weighted by molar-refractivity contribution is 7.89. The maximum atomic E-state index is 13.1. The number of rotatable bonds is 9. The summed E-state index contributed by atoms with van der Waals surface area (Å²) < 4.78 is 32.9. The molecule has 1 heterocycles. The van der Waals surface area contributed by atoms with Crippen molar-refractivity contribution < 1.29 is 17.9 Å². The first-order valence-corrected chi connectivity index (χ1v) is 11.4. The van der Waals surface area contributed by atoms with E-state index < -0.39 is 10.0 Å². The van der Waals surface area contributed by atoms with Crippen LogP contribution in [0.4, 0.5) is 5.69 Å². The topological polar surface area (TPSA) is 79.0 Å². The molecular weight excluding hydrogens is 378 g/mol. The lowest BCUT2D eigenvalue weighted by Crippen LogP contribution is -2.36. The number of benzene rings is 1. The van der Waals surface area contributed by atoms with E-state index >= 15 is 0 Å². The molecule has 1 atom stereocenters. The summed E-state index contributed by atoms with van der Waals surface area (Å²) in [6.07, 6.45) is 4.84. The average molecular weight is 412 g/mol. The predicted molar refractivity (Wildman–Crippen MR) is 111 cm³/mol. The monoisotopic (exact) mass is 411 g/mol. The van der Waals surface area contributed by atoms with Gasteiger partial charge in [-0.3, -0.25) is 9.69 Å². The maximum Gasteiger partial charge on any atom is 0.246 e. The molecule has 2 rings (SSSR count). The van der Waals surface area contributed by atoms with Gasteiger partial charge in [0.2, 0.25) is 15.9 Å². The van der Waals surface area contributed by atoms with Crippen LogP contribution in [-0.4, -0.2) is 63.4 Å². The highest BCUT2D eigenvalue weighted by atomic mass is 32.2. The van der Waals surface area contributed by atoms with Crippen LogP contribution in [-0.2, 0) is 14.8 Å². The molecule has 1 N–H and O–H groups in total. The van der Waals surface area contributed by atoms with Crippen molar-refractivity contribution in [3.63, 3.8) is 0 Å². The Morgan fingerprint density at radius 1 is 1.29 bits per heavy atom. The van der Waals surface area contributed by atoms with Gasteiger partial charge in [-0.25, -0.2) is 8.42 Å². The summed E-state index contributed by atoms with van der Waals surface area (Å²) in [6, 6.07) is 5.06. The number of nitrogens with zero attached hydrogens (tertiary/aromatic N) is 2. The molecule has 7 nitrogen and oxygen atoms in total. The zero-order valence-electron chi connectivity index (χ0n) is 17.4. The van der Waals surface area contributed by atoms with E-state index in [1.54, 1.807) is 12.1 Å². The van der Waals surface area contributed by atoms with Crippen LogP contribution in [0.25, 0.3) is 0 Å². The molecule has 158 valence electrons. The summed E-state index contributed by atoms with van der Waals surface area (Å²) in [4.78, 5) is 14.5. The van der Waals surface area contributed by atoms with Gasteiger partial charge < -0.3 is 10.1 Å². The smallest absolute Gasteiger partial charge is 0.246 e. The van der Waals surface area contributed by atoms with Gasteiger partial charge in [0.1, 0.15) is 10.6 Å². The molecule has 28 heavy (non-hydrogen) atoms. The first-order valence-electron chi connectivity index (χ1n) is 9.97. The number of sulfonamides is 1. The minimum Gasteiger partial charge on any atom is -0.495 e. The SMILES string of the molecule is CCCC(C)N(C)CC(=O)Nc1ccc(OC)c(S(=O)(=O)N2CCCCC2)c1. The van der Waals surface area contributed by atoms with Gasteiger partial charge in [-0.05, 0) is 51.4 Å². The lowest BCUT2D eigenvalue weighted by molar-refractivity contribution is -0.117. The lowest BCUT2D eigenvalue weighted by Gasteiger charge is -2.27. The molecule has 1 aliphatic rings. The molecule has 0 radical (unpaired) electrons. The third kappa shape index (κ3) is 5.68. The number of carbonyl (C=O) groups is 1. The molecule has 1 aromatic carbocycles. The Bertz CT molecular complexity index is 761. The third-order valence-corrected chi connectivity index (χ3v) is 7.15. The van der Waals surface area contributed by atoms with Crippen LogP contribution >= 0.6 is 0 Å². The Morgan fingerprint density at radius 2 is 1.96 bits per heavy atom. The van der Waals surface area contributed by atoms with E-state index in [0.717, 1.165) is 32.1 Å². The normalized spacial score (nSPS) is 16.8. The molecule has 0 spiro atoms. The largest absolute Gasteiger partial charge is 0.495 e. The molecule has 1 unspecified atom stereocenters. The van der Waals surface area contributed by atoms with Crippen molar-refractivity contribution >= 4 is 21.6 Å². The molecule has 1 saturated heterocycles. The molecule has 1 fully saturated rings. The van der Waals surface area contributed by atoms with E-state index in [9.17, 15) is 13.2 Å².